The van der Waals surface area contributed by atoms with E-state index in [0.29, 0.717) is 0 Å². The van der Waals surface area contributed by atoms with E-state index >= 15 is 0 Å². The summed E-state index contributed by atoms with van der Waals surface area (Å²) in [6.45, 7) is 5.80. The number of hydrogen-bond acceptors (Lipinski definition) is 3. The van der Waals surface area contributed by atoms with Crippen LogP contribution in [0.3, 0.4) is 0 Å². The normalized spacial score (nSPS) is 15.8. The van der Waals surface area contributed by atoms with Crippen LogP contribution in [0.5, 0.6) is 0 Å². The minimum absolute atomic E-state index is 0.0343. The second kappa shape index (κ2) is 7.22. The predicted octanol–water partition coefficient (Wildman–Crippen LogP) is 0.809. The molecule has 0 spiro atoms. The SMILES string of the molecule is CC(=O)N(C)CC(=O)N1CCN(Cc2ccccc2)CC1. The van der Waals surface area contributed by atoms with Gasteiger partial charge in [-0.15, -0.1) is 0 Å². The molecule has 1 fully saturated rings. The first-order valence-electron chi connectivity index (χ1n) is 7.32. The summed E-state index contributed by atoms with van der Waals surface area (Å²) in [5.41, 5.74) is 1.30. The third-order valence-electron chi connectivity index (χ3n) is 3.88. The minimum atomic E-state index is -0.0777. The largest absolute Gasteiger partial charge is 0.339 e. The Hall–Kier alpha value is -1.88. The number of piperazine rings is 1. The van der Waals surface area contributed by atoms with E-state index in [2.05, 4.69) is 17.0 Å². The standard InChI is InChI=1S/C16H23N3O2/c1-14(20)17(2)13-16(21)19-10-8-18(9-11-19)12-15-6-4-3-5-7-15/h3-7H,8-13H2,1-2H3. The van der Waals surface area contributed by atoms with Crippen LogP contribution in [-0.2, 0) is 16.1 Å². The molecule has 0 aliphatic carbocycles. The van der Waals surface area contributed by atoms with Crippen LogP contribution >= 0.6 is 0 Å². The zero-order valence-corrected chi connectivity index (χ0v) is 12.8. The van der Waals surface area contributed by atoms with Gasteiger partial charge in [-0.05, 0) is 5.56 Å². The van der Waals surface area contributed by atoms with Gasteiger partial charge in [0.15, 0.2) is 0 Å². The number of rotatable bonds is 4. The molecule has 1 heterocycles. The molecule has 0 unspecified atom stereocenters. The van der Waals surface area contributed by atoms with Gasteiger partial charge in [0.25, 0.3) is 0 Å². The zero-order valence-electron chi connectivity index (χ0n) is 12.8. The van der Waals surface area contributed by atoms with E-state index in [1.807, 2.05) is 23.1 Å². The molecule has 1 aliphatic rings. The highest BCUT2D eigenvalue weighted by atomic mass is 16.2. The number of carbonyl (C=O) groups is 2. The van der Waals surface area contributed by atoms with Gasteiger partial charge in [-0.3, -0.25) is 14.5 Å². The topological polar surface area (TPSA) is 43.9 Å². The van der Waals surface area contributed by atoms with Crippen molar-refractivity contribution in [3.63, 3.8) is 0 Å². The highest BCUT2D eigenvalue weighted by Crippen LogP contribution is 2.08. The van der Waals surface area contributed by atoms with E-state index in [0.717, 1.165) is 32.7 Å². The second-order valence-electron chi connectivity index (χ2n) is 5.52. The van der Waals surface area contributed by atoms with Gasteiger partial charge in [-0.2, -0.15) is 0 Å². The fraction of sp³-hybridized carbons (Fsp3) is 0.500. The summed E-state index contributed by atoms with van der Waals surface area (Å²) in [5, 5.41) is 0. The molecular formula is C16H23N3O2. The number of carbonyl (C=O) groups excluding carboxylic acids is 2. The van der Waals surface area contributed by atoms with Crippen molar-refractivity contribution in [1.82, 2.24) is 14.7 Å². The molecule has 5 heteroatoms. The minimum Gasteiger partial charge on any atom is -0.339 e. The molecule has 0 aromatic heterocycles. The van der Waals surface area contributed by atoms with E-state index in [4.69, 9.17) is 0 Å². The number of benzene rings is 1. The molecule has 1 aliphatic heterocycles. The number of amides is 2. The first kappa shape index (κ1) is 15.5. The Morgan fingerprint density at radius 1 is 1.10 bits per heavy atom. The molecule has 21 heavy (non-hydrogen) atoms. The van der Waals surface area contributed by atoms with Crippen molar-refractivity contribution >= 4 is 11.8 Å². The van der Waals surface area contributed by atoms with E-state index < -0.39 is 0 Å². The lowest BCUT2D eigenvalue weighted by Crippen LogP contribution is -2.50. The molecule has 1 aromatic rings. The van der Waals surface area contributed by atoms with Gasteiger partial charge in [0, 0.05) is 46.7 Å². The van der Waals surface area contributed by atoms with E-state index in [-0.39, 0.29) is 18.4 Å². The fourth-order valence-electron chi connectivity index (χ4n) is 2.41. The highest BCUT2D eigenvalue weighted by molar-refractivity contribution is 5.83. The van der Waals surface area contributed by atoms with Crippen LogP contribution < -0.4 is 0 Å². The molecule has 1 aromatic carbocycles. The Bertz CT molecular complexity index is 482. The van der Waals surface area contributed by atoms with Crippen LogP contribution in [0.2, 0.25) is 0 Å². The molecule has 0 atom stereocenters. The lowest BCUT2D eigenvalue weighted by molar-refractivity contribution is -0.139. The monoisotopic (exact) mass is 289 g/mol. The third kappa shape index (κ3) is 4.56. The van der Waals surface area contributed by atoms with Crippen molar-refractivity contribution in [3.05, 3.63) is 35.9 Å². The first-order valence-corrected chi connectivity index (χ1v) is 7.32. The van der Waals surface area contributed by atoms with Crippen LogP contribution in [0.1, 0.15) is 12.5 Å². The third-order valence-corrected chi connectivity index (χ3v) is 3.88. The van der Waals surface area contributed by atoms with Crippen molar-refractivity contribution in [1.29, 1.82) is 0 Å². The molecule has 0 N–H and O–H groups in total. The molecule has 5 nitrogen and oxygen atoms in total. The van der Waals surface area contributed by atoms with Gasteiger partial charge in [-0.25, -0.2) is 0 Å². The van der Waals surface area contributed by atoms with Crippen LogP contribution in [0.15, 0.2) is 30.3 Å². The van der Waals surface area contributed by atoms with Crippen LogP contribution in [-0.4, -0.2) is 66.3 Å². The Labute approximate surface area is 126 Å². The quantitative estimate of drug-likeness (QED) is 0.824. The number of likely N-dealkylation sites (N-methyl/N-ethyl adjacent to an activating group) is 1. The maximum absolute atomic E-state index is 12.1. The highest BCUT2D eigenvalue weighted by Gasteiger charge is 2.22. The van der Waals surface area contributed by atoms with Gasteiger partial charge < -0.3 is 9.80 Å². The summed E-state index contributed by atoms with van der Waals surface area (Å²) in [6.07, 6.45) is 0. The second-order valence-corrected chi connectivity index (χ2v) is 5.52. The van der Waals surface area contributed by atoms with Gasteiger partial charge in [0.2, 0.25) is 11.8 Å². The lowest BCUT2D eigenvalue weighted by atomic mass is 10.2. The van der Waals surface area contributed by atoms with E-state index in [1.54, 1.807) is 7.05 Å². The molecule has 0 saturated carbocycles. The maximum atomic E-state index is 12.1. The van der Waals surface area contributed by atoms with E-state index in [9.17, 15) is 9.59 Å². The van der Waals surface area contributed by atoms with E-state index in [1.165, 1.54) is 17.4 Å². The van der Waals surface area contributed by atoms with Gasteiger partial charge >= 0.3 is 0 Å². The summed E-state index contributed by atoms with van der Waals surface area (Å²) < 4.78 is 0. The fourth-order valence-corrected chi connectivity index (χ4v) is 2.41. The van der Waals surface area contributed by atoms with Gasteiger partial charge in [0.05, 0.1) is 6.54 Å². The predicted molar refractivity (Wildman–Crippen MR) is 81.6 cm³/mol. The van der Waals surface area contributed by atoms with Crippen LogP contribution in [0.4, 0.5) is 0 Å². The summed E-state index contributed by atoms with van der Waals surface area (Å²) >= 11 is 0. The Kier molecular flexibility index (Phi) is 5.33. The molecule has 2 amide bonds. The first-order chi connectivity index (χ1) is 10.1. The van der Waals surface area contributed by atoms with Crippen molar-refractivity contribution in [2.75, 3.05) is 39.8 Å². The van der Waals surface area contributed by atoms with Crippen molar-refractivity contribution in [3.8, 4) is 0 Å². The summed E-state index contributed by atoms with van der Waals surface area (Å²) in [5.74, 6) is -0.0434. The molecule has 2 rings (SSSR count). The Morgan fingerprint density at radius 3 is 2.29 bits per heavy atom. The number of hydrogen-bond donors (Lipinski definition) is 0. The average molecular weight is 289 g/mol. The molecule has 0 bridgehead atoms. The summed E-state index contributed by atoms with van der Waals surface area (Å²) in [6, 6.07) is 10.4. The van der Waals surface area contributed by atoms with Crippen LogP contribution in [0, 0.1) is 0 Å². The maximum Gasteiger partial charge on any atom is 0.242 e. The summed E-state index contributed by atoms with van der Waals surface area (Å²) in [4.78, 5) is 28.9. The molecular weight excluding hydrogens is 266 g/mol. The molecule has 1 saturated heterocycles. The van der Waals surface area contributed by atoms with Crippen molar-refractivity contribution in [2.45, 2.75) is 13.5 Å². The molecule has 114 valence electrons. The zero-order chi connectivity index (χ0) is 15.2. The van der Waals surface area contributed by atoms with Crippen LogP contribution in [0.25, 0.3) is 0 Å². The van der Waals surface area contributed by atoms with Crippen molar-refractivity contribution < 1.29 is 9.59 Å². The summed E-state index contributed by atoms with van der Waals surface area (Å²) in [7, 11) is 1.66. The average Bonchev–Trinajstić information content (AvgIpc) is 2.48. The Morgan fingerprint density at radius 2 is 1.71 bits per heavy atom. The smallest absolute Gasteiger partial charge is 0.242 e. The molecule has 0 radical (unpaired) electrons. The Balaban J connectivity index is 1.78. The van der Waals surface area contributed by atoms with Gasteiger partial charge in [0.1, 0.15) is 0 Å². The lowest BCUT2D eigenvalue weighted by Gasteiger charge is -2.35. The number of nitrogens with zero attached hydrogens (tertiary/aromatic N) is 3. The van der Waals surface area contributed by atoms with Crippen molar-refractivity contribution in [2.24, 2.45) is 0 Å². The van der Waals surface area contributed by atoms with Gasteiger partial charge in [-0.1, -0.05) is 30.3 Å².